The molecular weight excluding hydrogens is 364 g/mol. The monoisotopic (exact) mass is 381 g/mol. The molecule has 2 atom stereocenters. The fourth-order valence-corrected chi connectivity index (χ4v) is 2.91. The number of nitriles is 1. The predicted molar refractivity (Wildman–Crippen MR) is 87.0 cm³/mol. The number of hydrogen-bond acceptors (Lipinski definition) is 8. The Balaban J connectivity index is 1.68. The molecule has 0 bridgehead atoms. The van der Waals surface area contributed by atoms with Gasteiger partial charge < -0.3 is 19.9 Å². The molecule has 1 saturated heterocycles. The number of alkyl halides is 2. The summed E-state index contributed by atoms with van der Waals surface area (Å²) in [6, 6.07) is 5.50. The van der Waals surface area contributed by atoms with Gasteiger partial charge in [0.05, 0.1) is 11.8 Å². The number of anilines is 1. The fourth-order valence-electron chi connectivity index (χ4n) is 2.91. The zero-order chi connectivity index (χ0) is 19.4. The van der Waals surface area contributed by atoms with Gasteiger partial charge in [0, 0.05) is 0 Å². The van der Waals surface area contributed by atoms with E-state index in [4.69, 9.17) is 15.2 Å². The molecule has 1 aliphatic heterocycles. The third-order valence-corrected chi connectivity index (χ3v) is 4.26. The number of rotatable bonds is 6. The highest BCUT2D eigenvalue weighted by atomic mass is 19.1. The molecule has 0 aliphatic carbocycles. The summed E-state index contributed by atoms with van der Waals surface area (Å²) in [5.41, 5.74) is 5.52. The maximum absolute atomic E-state index is 12.4. The number of ether oxygens (including phenoxy) is 3. The second kappa shape index (κ2) is 7.71. The van der Waals surface area contributed by atoms with Crippen LogP contribution in [0.1, 0.15) is 18.5 Å². The van der Waals surface area contributed by atoms with Gasteiger partial charge in [0.25, 0.3) is 0 Å². The normalized spacial score (nSPS) is 22.1. The first kappa shape index (κ1) is 18.8. The van der Waals surface area contributed by atoms with Crippen LogP contribution in [0.4, 0.5) is 19.4 Å². The third kappa shape index (κ3) is 3.61. The molecule has 1 aliphatic rings. The average molecular weight is 381 g/mol. The van der Waals surface area contributed by atoms with Crippen LogP contribution in [-0.2, 0) is 19.8 Å². The summed E-state index contributed by atoms with van der Waals surface area (Å²) in [6.07, 6.45) is -1.24. The van der Waals surface area contributed by atoms with Gasteiger partial charge in [-0.3, -0.25) is 0 Å². The molecular formula is C16H17F2N5O4. The molecule has 1 fully saturated rings. The molecule has 2 N–H and O–H groups in total. The topological polar surface area (TPSA) is 125 Å². The van der Waals surface area contributed by atoms with Crippen LogP contribution in [0.15, 0.2) is 18.5 Å². The van der Waals surface area contributed by atoms with E-state index in [1.807, 2.05) is 0 Å². The van der Waals surface area contributed by atoms with E-state index in [-0.39, 0.29) is 12.4 Å². The maximum Gasteiger partial charge on any atom is 0.508 e. The summed E-state index contributed by atoms with van der Waals surface area (Å²) in [6.45, 7) is -2.50. The van der Waals surface area contributed by atoms with Gasteiger partial charge in [0.15, 0.2) is 17.5 Å². The Bertz CT molecular complexity index is 866. The molecule has 2 aromatic heterocycles. The van der Waals surface area contributed by atoms with Crippen LogP contribution >= 0.6 is 0 Å². The predicted octanol–water partition coefficient (Wildman–Crippen LogP) is 1.67. The van der Waals surface area contributed by atoms with Crippen molar-refractivity contribution in [2.45, 2.75) is 30.7 Å². The Morgan fingerprint density at radius 1 is 1.52 bits per heavy atom. The number of fused-ring (bicyclic) bond motifs is 1. The van der Waals surface area contributed by atoms with Gasteiger partial charge in [-0.1, -0.05) is 0 Å². The van der Waals surface area contributed by atoms with Crippen molar-refractivity contribution in [3.63, 3.8) is 0 Å². The van der Waals surface area contributed by atoms with Gasteiger partial charge >= 0.3 is 6.16 Å². The van der Waals surface area contributed by atoms with Crippen molar-refractivity contribution in [2.24, 2.45) is 0 Å². The second-order valence-corrected chi connectivity index (χ2v) is 5.99. The van der Waals surface area contributed by atoms with Crippen LogP contribution in [-0.4, -0.2) is 52.9 Å². The minimum atomic E-state index is -1.49. The molecule has 144 valence electrons. The minimum absolute atomic E-state index is 0.214. The quantitative estimate of drug-likeness (QED) is 0.749. The number of carbonyl (C=O) groups excluding carboxylic acids is 1. The molecule has 3 rings (SSSR count). The van der Waals surface area contributed by atoms with Crippen molar-refractivity contribution in [1.29, 1.82) is 5.26 Å². The molecule has 11 heteroatoms. The van der Waals surface area contributed by atoms with E-state index < -0.39 is 37.3 Å². The van der Waals surface area contributed by atoms with Gasteiger partial charge in [-0.05, 0) is 25.0 Å². The smallest absolute Gasteiger partial charge is 0.432 e. The zero-order valence-electron chi connectivity index (χ0n) is 14.2. The maximum atomic E-state index is 12.4. The van der Waals surface area contributed by atoms with Crippen LogP contribution < -0.4 is 5.73 Å². The Kier molecular flexibility index (Phi) is 5.36. The Morgan fingerprint density at radius 2 is 2.30 bits per heavy atom. The van der Waals surface area contributed by atoms with Crippen LogP contribution in [0.5, 0.6) is 0 Å². The first-order chi connectivity index (χ1) is 13.0. The lowest BCUT2D eigenvalue weighted by Gasteiger charge is -2.21. The number of hydrogen-bond donors (Lipinski definition) is 1. The van der Waals surface area contributed by atoms with Crippen molar-refractivity contribution < 1.29 is 27.8 Å². The number of nitrogens with zero attached hydrogens (tertiary/aromatic N) is 4. The summed E-state index contributed by atoms with van der Waals surface area (Å²) >= 11 is 0. The van der Waals surface area contributed by atoms with E-state index in [0.29, 0.717) is 24.1 Å². The Labute approximate surface area is 152 Å². The standard InChI is InChI=1S/C16H17F2N5O4/c17-5-11(6-18)26-15(24)25-7-10-3-4-16(8-19,27-10)13-2-1-12-14(20)21-9-22-23(12)13/h1-2,9-11H,3-7H2,(H2,20,21,22)/t10-,16-/m0/s1. The molecule has 0 radical (unpaired) electrons. The van der Waals surface area contributed by atoms with Gasteiger partial charge in [-0.15, -0.1) is 0 Å². The number of nitrogens with two attached hydrogens (primary N) is 1. The van der Waals surface area contributed by atoms with Crippen LogP contribution in [0.25, 0.3) is 5.52 Å². The SMILES string of the molecule is N#C[C@]1(c2ccc3c(N)ncnn23)CC[C@@H](COC(=O)OC(CF)CF)O1. The number of aromatic nitrogens is 3. The van der Waals surface area contributed by atoms with E-state index in [0.717, 1.165) is 0 Å². The molecule has 0 aromatic carbocycles. The lowest BCUT2D eigenvalue weighted by molar-refractivity contribution is -0.0541. The van der Waals surface area contributed by atoms with Crippen molar-refractivity contribution in [2.75, 3.05) is 25.7 Å². The summed E-state index contributed by atoms with van der Waals surface area (Å²) in [5, 5.41) is 13.8. The Morgan fingerprint density at radius 3 is 3.00 bits per heavy atom. The molecule has 0 saturated carbocycles. The Hall–Kier alpha value is -3.00. The largest absolute Gasteiger partial charge is 0.508 e. The second-order valence-electron chi connectivity index (χ2n) is 5.99. The van der Waals surface area contributed by atoms with Crippen LogP contribution in [0, 0.1) is 11.3 Å². The summed E-state index contributed by atoms with van der Waals surface area (Å²) < 4.78 is 41.4. The summed E-state index contributed by atoms with van der Waals surface area (Å²) in [5.74, 6) is 0.264. The number of nitrogen functional groups attached to an aromatic ring is 1. The molecule has 0 amide bonds. The van der Waals surface area contributed by atoms with Crippen molar-refractivity contribution in [1.82, 2.24) is 14.6 Å². The van der Waals surface area contributed by atoms with Crippen molar-refractivity contribution >= 4 is 17.5 Å². The highest BCUT2D eigenvalue weighted by molar-refractivity contribution is 5.66. The molecule has 27 heavy (non-hydrogen) atoms. The van der Waals surface area contributed by atoms with Crippen molar-refractivity contribution in [3.8, 4) is 6.07 Å². The lowest BCUT2D eigenvalue weighted by atomic mass is 9.98. The third-order valence-electron chi connectivity index (χ3n) is 4.26. The number of halogens is 2. The van der Waals surface area contributed by atoms with Crippen LogP contribution in [0.2, 0.25) is 0 Å². The highest BCUT2D eigenvalue weighted by Gasteiger charge is 2.45. The summed E-state index contributed by atoms with van der Waals surface area (Å²) in [7, 11) is 0. The van der Waals surface area contributed by atoms with Crippen LogP contribution in [0.3, 0.4) is 0 Å². The molecule has 9 nitrogen and oxygen atoms in total. The number of carbonyl (C=O) groups is 1. The van der Waals surface area contributed by atoms with E-state index in [9.17, 15) is 18.8 Å². The van der Waals surface area contributed by atoms with Gasteiger partial charge in [0.2, 0.25) is 0 Å². The van der Waals surface area contributed by atoms with E-state index >= 15 is 0 Å². The van der Waals surface area contributed by atoms with Crippen molar-refractivity contribution in [3.05, 3.63) is 24.2 Å². The van der Waals surface area contributed by atoms with Gasteiger partial charge in [-0.25, -0.2) is 23.1 Å². The molecule has 2 aromatic rings. The molecule has 0 spiro atoms. The van der Waals surface area contributed by atoms with E-state index in [2.05, 4.69) is 20.9 Å². The van der Waals surface area contributed by atoms with Gasteiger partial charge in [-0.2, -0.15) is 10.4 Å². The minimum Gasteiger partial charge on any atom is -0.432 e. The molecule has 0 unspecified atom stereocenters. The summed E-state index contributed by atoms with van der Waals surface area (Å²) in [4.78, 5) is 15.4. The highest BCUT2D eigenvalue weighted by Crippen LogP contribution is 2.39. The fraction of sp³-hybridized carbons (Fsp3) is 0.500. The molecule has 3 heterocycles. The first-order valence-electron chi connectivity index (χ1n) is 8.16. The van der Waals surface area contributed by atoms with E-state index in [1.54, 1.807) is 12.1 Å². The average Bonchev–Trinajstić information content (AvgIpc) is 3.30. The van der Waals surface area contributed by atoms with E-state index in [1.165, 1.54) is 10.8 Å². The van der Waals surface area contributed by atoms with Gasteiger partial charge in [0.1, 0.15) is 37.9 Å². The zero-order valence-corrected chi connectivity index (χ0v) is 14.2. The first-order valence-corrected chi connectivity index (χ1v) is 8.16. The lowest BCUT2D eigenvalue weighted by Crippen LogP contribution is -2.29.